The van der Waals surface area contributed by atoms with Gasteiger partial charge in [-0.05, 0) is 29.7 Å². The topological polar surface area (TPSA) is 37.3 Å². The van der Waals surface area contributed by atoms with Gasteiger partial charge in [0.05, 0.1) is 4.90 Å². The second-order valence-corrected chi connectivity index (χ2v) is 4.53. The molecule has 3 heteroatoms. The Morgan fingerprint density at radius 2 is 1.44 bits per heavy atom. The fraction of sp³-hybridized carbons (Fsp3) is 0.0769. The number of rotatable bonds is 3. The summed E-state index contributed by atoms with van der Waals surface area (Å²) in [5, 5.41) is 0. The van der Waals surface area contributed by atoms with Crippen LogP contribution in [0.4, 0.5) is 0 Å². The molecule has 2 rings (SSSR count). The van der Waals surface area contributed by atoms with Crippen LogP contribution in [0.15, 0.2) is 59.5 Å². The third kappa shape index (κ3) is 2.78. The fourth-order valence-electron chi connectivity index (χ4n) is 1.56. The summed E-state index contributed by atoms with van der Waals surface area (Å²) in [5.41, 5.74) is 2.38. The summed E-state index contributed by atoms with van der Waals surface area (Å²) < 4.78 is 19.7. The van der Waals surface area contributed by atoms with E-state index in [0.29, 0.717) is 4.90 Å². The highest BCUT2D eigenvalue weighted by molar-refractivity contribution is 7.79. The first kappa shape index (κ1) is 11.0. The third-order valence-electron chi connectivity index (χ3n) is 2.38. The van der Waals surface area contributed by atoms with Crippen molar-refractivity contribution in [1.82, 2.24) is 0 Å². The minimum atomic E-state index is -1.88. The summed E-state index contributed by atoms with van der Waals surface area (Å²) >= 11 is -1.88. The van der Waals surface area contributed by atoms with E-state index in [1.165, 1.54) is 5.56 Å². The van der Waals surface area contributed by atoms with Crippen LogP contribution in [0.1, 0.15) is 11.1 Å². The van der Waals surface area contributed by atoms with Gasteiger partial charge in [-0.2, -0.15) is 0 Å². The highest BCUT2D eigenvalue weighted by atomic mass is 32.2. The molecule has 0 bridgehead atoms. The molecule has 0 aromatic heterocycles. The number of benzene rings is 2. The molecule has 1 N–H and O–H groups in total. The van der Waals surface area contributed by atoms with Gasteiger partial charge in [-0.25, -0.2) is 4.21 Å². The maximum Gasteiger partial charge on any atom is 0.186 e. The standard InChI is InChI=1S/C13H12O2S/c14-16(15)13-8-6-12(7-9-13)10-11-4-2-1-3-5-11/h1-9H,10H2,(H,14,15). The monoisotopic (exact) mass is 232 g/mol. The van der Waals surface area contributed by atoms with Gasteiger partial charge in [-0.1, -0.05) is 42.5 Å². The summed E-state index contributed by atoms with van der Waals surface area (Å²) in [5.74, 6) is 0. The van der Waals surface area contributed by atoms with Crippen LogP contribution in [-0.4, -0.2) is 8.76 Å². The van der Waals surface area contributed by atoms with Gasteiger partial charge in [-0.15, -0.1) is 0 Å². The van der Waals surface area contributed by atoms with Gasteiger partial charge in [0.1, 0.15) is 0 Å². The Balaban J connectivity index is 2.14. The SMILES string of the molecule is O=S(O)c1ccc(Cc2ccccc2)cc1. The third-order valence-corrected chi connectivity index (χ3v) is 3.05. The van der Waals surface area contributed by atoms with E-state index in [4.69, 9.17) is 4.55 Å². The molecule has 0 heterocycles. The molecule has 0 aliphatic carbocycles. The van der Waals surface area contributed by atoms with E-state index in [2.05, 4.69) is 12.1 Å². The largest absolute Gasteiger partial charge is 0.302 e. The highest BCUT2D eigenvalue weighted by Gasteiger charge is 2.00. The molecule has 1 atom stereocenters. The lowest BCUT2D eigenvalue weighted by atomic mass is 10.1. The van der Waals surface area contributed by atoms with E-state index < -0.39 is 11.1 Å². The van der Waals surface area contributed by atoms with Crippen molar-refractivity contribution >= 4 is 11.1 Å². The molecule has 0 aliphatic heterocycles. The van der Waals surface area contributed by atoms with Gasteiger partial charge in [0, 0.05) is 0 Å². The summed E-state index contributed by atoms with van der Waals surface area (Å²) in [4.78, 5) is 0.441. The van der Waals surface area contributed by atoms with Crippen molar-refractivity contribution in [2.45, 2.75) is 11.3 Å². The Hall–Kier alpha value is -1.45. The Bertz CT molecular complexity index is 477. The molecule has 0 fully saturated rings. The zero-order chi connectivity index (χ0) is 11.4. The maximum absolute atomic E-state index is 10.8. The molecule has 82 valence electrons. The van der Waals surface area contributed by atoms with Gasteiger partial charge < -0.3 is 4.55 Å². The molecular formula is C13H12O2S. The smallest absolute Gasteiger partial charge is 0.186 e. The fourth-order valence-corrected chi connectivity index (χ4v) is 1.92. The van der Waals surface area contributed by atoms with Gasteiger partial charge in [0.25, 0.3) is 0 Å². The number of hydrogen-bond acceptors (Lipinski definition) is 1. The van der Waals surface area contributed by atoms with E-state index in [0.717, 1.165) is 12.0 Å². The van der Waals surface area contributed by atoms with Crippen LogP contribution < -0.4 is 0 Å². The molecular weight excluding hydrogens is 220 g/mol. The lowest BCUT2D eigenvalue weighted by Gasteiger charge is -2.02. The summed E-state index contributed by atoms with van der Waals surface area (Å²) in [6, 6.07) is 17.3. The average molecular weight is 232 g/mol. The molecule has 16 heavy (non-hydrogen) atoms. The van der Waals surface area contributed by atoms with E-state index in [1.54, 1.807) is 12.1 Å². The van der Waals surface area contributed by atoms with Gasteiger partial charge in [0.15, 0.2) is 11.1 Å². The van der Waals surface area contributed by atoms with Crippen LogP contribution in [0.5, 0.6) is 0 Å². The summed E-state index contributed by atoms with van der Waals surface area (Å²) in [6.07, 6.45) is 0.846. The molecule has 0 saturated carbocycles. The second-order valence-electron chi connectivity index (χ2n) is 3.56. The average Bonchev–Trinajstić information content (AvgIpc) is 2.31. The molecule has 2 nitrogen and oxygen atoms in total. The van der Waals surface area contributed by atoms with E-state index in [9.17, 15) is 4.21 Å². The number of hydrogen-bond donors (Lipinski definition) is 1. The zero-order valence-corrected chi connectivity index (χ0v) is 9.48. The first-order valence-corrected chi connectivity index (χ1v) is 6.10. The van der Waals surface area contributed by atoms with Crippen molar-refractivity contribution in [1.29, 1.82) is 0 Å². The predicted octanol–water partition coefficient (Wildman–Crippen LogP) is 2.86. The molecule has 0 amide bonds. The Morgan fingerprint density at radius 3 is 2.00 bits per heavy atom. The van der Waals surface area contributed by atoms with Crippen LogP contribution in [0.3, 0.4) is 0 Å². The summed E-state index contributed by atoms with van der Waals surface area (Å²) in [6.45, 7) is 0. The van der Waals surface area contributed by atoms with Crippen molar-refractivity contribution < 1.29 is 8.76 Å². The molecule has 2 aromatic rings. The van der Waals surface area contributed by atoms with Crippen LogP contribution in [0.2, 0.25) is 0 Å². The second kappa shape index (κ2) is 5.05. The molecule has 0 saturated heterocycles. The van der Waals surface area contributed by atoms with Crippen LogP contribution in [-0.2, 0) is 17.5 Å². The predicted molar refractivity (Wildman–Crippen MR) is 64.7 cm³/mol. The quantitative estimate of drug-likeness (QED) is 0.826. The van der Waals surface area contributed by atoms with Crippen molar-refractivity contribution in [3.63, 3.8) is 0 Å². The van der Waals surface area contributed by atoms with Gasteiger partial charge in [0.2, 0.25) is 0 Å². The molecule has 2 aromatic carbocycles. The lowest BCUT2D eigenvalue weighted by Crippen LogP contribution is -1.91. The first-order chi connectivity index (χ1) is 7.75. The Labute approximate surface area is 97.2 Å². The van der Waals surface area contributed by atoms with E-state index >= 15 is 0 Å². The lowest BCUT2D eigenvalue weighted by molar-refractivity contribution is 0.564. The minimum absolute atomic E-state index is 0.441. The van der Waals surface area contributed by atoms with Gasteiger partial charge in [-0.3, -0.25) is 0 Å². The van der Waals surface area contributed by atoms with Gasteiger partial charge >= 0.3 is 0 Å². The molecule has 1 unspecified atom stereocenters. The normalized spacial score (nSPS) is 12.3. The van der Waals surface area contributed by atoms with Crippen molar-refractivity contribution in [2.24, 2.45) is 0 Å². The highest BCUT2D eigenvalue weighted by Crippen LogP contribution is 2.12. The van der Waals surface area contributed by atoms with Crippen molar-refractivity contribution in [2.75, 3.05) is 0 Å². The Morgan fingerprint density at radius 1 is 0.875 bits per heavy atom. The van der Waals surface area contributed by atoms with Crippen molar-refractivity contribution in [3.8, 4) is 0 Å². The van der Waals surface area contributed by atoms with E-state index in [1.807, 2.05) is 30.3 Å². The summed E-state index contributed by atoms with van der Waals surface area (Å²) in [7, 11) is 0. The minimum Gasteiger partial charge on any atom is -0.302 e. The molecule has 0 spiro atoms. The maximum atomic E-state index is 10.8. The first-order valence-electron chi connectivity index (χ1n) is 4.99. The van der Waals surface area contributed by atoms with Crippen molar-refractivity contribution in [3.05, 3.63) is 65.7 Å². The van der Waals surface area contributed by atoms with Crippen LogP contribution in [0, 0.1) is 0 Å². The zero-order valence-electron chi connectivity index (χ0n) is 8.67. The molecule has 0 aliphatic rings. The Kier molecular flexibility index (Phi) is 3.49. The van der Waals surface area contributed by atoms with Crippen LogP contribution >= 0.6 is 0 Å². The molecule has 0 radical (unpaired) electrons. The van der Waals surface area contributed by atoms with E-state index in [-0.39, 0.29) is 0 Å². The van der Waals surface area contributed by atoms with Crippen LogP contribution in [0.25, 0.3) is 0 Å².